The molecule has 4 rings (SSSR count). The number of fused-ring (bicyclic) bond motifs is 1. The minimum atomic E-state index is -2.76. The van der Waals surface area contributed by atoms with E-state index in [0.717, 1.165) is 0 Å². The highest BCUT2D eigenvalue weighted by Gasteiger charge is 2.47. The lowest BCUT2D eigenvalue weighted by atomic mass is 9.87. The molecular weight excluding hydrogens is 530 g/mol. The van der Waals surface area contributed by atoms with Crippen molar-refractivity contribution >= 4 is 40.1 Å². The van der Waals surface area contributed by atoms with Crippen LogP contribution in [0.4, 0.5) is 26.2 Å². The van der Waals surface area contributed by atoms with Crippen molar-refractivity contribution in [2.45, 2.75) is 78.2 Å². The molecule has 0 spiro atoms. The Balaban J connectivity index is 1.69. The van der Waals surface area contributed by atoms with E-state index in [0.29, 0.717) is 34.9 Å². The first-order chi connectivity index (χ1) is 18.0. The molecule has 0 unspecified atom stereocenters. The van der Waals surface area contributed by atoms with Gasteiger partial charge in [0.1, 0.15) is 5.02 Å². The number of aryl methyl sites for hydroxylation is 1. The molecule has 0 aliphatic carbocycles. The van der Waals surface area contributed by atoms with Gasteiger partial charge in [-0.1, -0.05) is 25.4 Å². The molecular formula is C27H37ClF2N6O3. The normalized spacial score (nSPS) is 20.0. The number of piperidine rings is 1. The molecule has 0 radical (unpaired) electrons. The smallest absolute Gasteiger partial charge is 0.329 e. The van der Waals surface area contributed by atoms with Gasteiger partial charge in [0.15, 0.2) is 5.82 Å². The second kappa shape index (κ2) is 10.3. The van der Waals surface area contributed by atoms with Gasteiger partial charge in [-0.2, -0.15) is 4.98 Å². The van der Waals surface area contributed by atoms with E-state index in [1.807, 2.05) is 0 Å². The SMILES string of the molecule is C[C@@H]1CN(c2ncc(Cl)c(Nc3ccc4c(c3)n(CCC(C)(C)O)c(=O)n4CC(C)(C)O)n2)C[C@H](C)C1(F)F. The van der Waals surface area contributed by atoms with Gasteiger partial charge in [-0.05, 0) is 52.3 Å². The largest absolute Gasteiger partial charge is 0.390 e. The van der Waals surface area contributed by atoms with Gasteiger partial charge in [-0.25, -0.2) is 18.6 Å². The Kier molecular flexibility index (Phi) is 7.74. The van der Waals surface area contributed by atoms with Crippen molar-refractivity contribution < 1.29 is 19.0 Å². The predicted molar refractivity (Wildman–Crippen MR) is 149 cm³/mol. The monoisotopic (exact) mass is 566 g/mol. The zero-order valence-electron chi connectivity index (χ0n) is 23.2. The topological polar surface area (TPSA) is 108 Å². The third-order valence-corrected chi connectivity index (χ3v) is 7.37. The molecule has 0 bridgehead atoms. The maximum Gasteiger partial charge on any atom is 0.329 e. The van der Waals surface area contributed by atoms with Gasteiger partial charge < -0.3 is 20.4 Å². The molecule has 1 saturated heterocycles. The fraction of sp³-hybridized carbons (Fsp3) is 0.593. The number of rotatable bonds is 8. The van der Waals surface area contributed by atoms with E-state index in [2.05, 4.69) is 15.3 Å². The number of nitrogens with zero attached hydrogens (tertiary/aromatic N) is 5. The summed E-state index contributed by atoms with van der Waals surface area (Å²) in [4.78, 5) is 23.9. The van der Waals surface area contributed by atoms with Crippen LogP contribution >= 0.6 is 11.6 Å². The minimum Gasteiger partial charge on any atom is -0.390 e. The van der Waals surface area contributed by atoms with Gasteiger partial charge in [0.25, 0.3) is 5.92 Å². The van der Waals surface area contributed by atoms with Crippen molar-refractivity contribution in [2.24, 2.45) is 11.8 Å². The molecule has 2 aromatic heterocycles. The molecule has 3 N–H and O–H groups in total. The molecule has 0 amide bonds. The number of alkyl halides is 2. The molecule has 2 atom stereocenters. The zero-order chi connectivity index (χ0) is 28.9. The highest BCUT2D eigenvalue weighted by atomic mass is 35.5. The Morgan fingerprint density at radius 2 is 1.72 bits per heavy atom. The molecule has 214 valence electrons. The molecule has 39 heavy (non-hydrogen) atoms. The van der Waals surface area contributed by atoms with Crippen LogP contribution in [0.1, 0.15) is 48.0 Å². The second-order valence-corrected chi connectivity index (χ2v) is 12.4. The highest BCUT2D eigenvalue weighted by molar-refractivity contribution is 6.32. The van der Waals surface area contributed by atoms with Crippen LogP contribution in [0.5, 0.6) is 0 Å². The summed E-state index contributed by atoms with van der Waals surface area (Å²) in [7, 11) is 0. The number of hydrogen-bond donors (Lipinski definition) is 3. The van der Waals surface area contributed by atoms with Gasteiger partial charge >= 0.3 is 5.69 Å². The first-order valence-electron chi connectivity index (χ1n) is 13.1. The predicted octanol–water partition coefficient (Wildman–Crippen LogP) is 4.65. The summed E-state index contributed by atoms with van der Waals surface area (Å²) in [6.45, 7) is 10.3. The van der Waals surface area contributed by atoms with Crippen LogP contribution in [0.2, 0.25) is 5.02 Å². The summed E-state index contributed by atoms with van der Waals surface area (Å²) in [6, 6.07) is 5.33. The van der Waals surface area contributed by atoms with Crippen LogP contribution in [0, 0.1) is 11.8 Å². The summed E-state index contributed by atoms with van der Waals surface area (Å²) < 4.78 is 31.8. The lowest BCUT2D eigenvalue weighted by Gasteiger charge is -2.41. The van der Waals surface area contributed by atoms with Crippen LogP contribution in [-0.4, -0.2) is 59.5 Å². The van der Waals surface area contributed by atoms with Crippen LogP contribution in [0.25, 0.3) is 11.0 Å². The number of benzene rings is 1. The molecule has 12 heteroatoms. The van der Waals surface area contributed by atoms with Crippen molar-refractivity contribution in [3.8, 4) is 0 Å². The van der Waals surface area contributed by atoms with Crippen LogP contribution in [0.3, 0.4) is 0 Å². The lowest BCUT2D eigenvalue weighted by molar-refractivity contribution is -0.105. The molecule has 0 saturated carbocycles. The third-order valence-electron chi connectivity index (χ3n) is 7.09. The first kappa shape index (κ1) is 29.2. The number of aromatic nitrogens is 4. The number of aliphatic hydroxyl groups is 2. The minimum absolute atomic E-state index is 0.0947. The van der Waals surface area contributed by atoms with Crippen molar-refractivity contribution in [2.75, 3.05) is 23.3 Å². The summed E-state index contributed by atoms with van der Waals surface area (Å²) in [6.07, 6.45) is 1.78. The number of nitrogens with one attached hydrogen (secondary N) is 1. The first-order valence-corrected chi connectivity index (χ1v) is 13.4. The summed E-state index contributed by atoms with van der Waals surface area (Å²) >= 11 is 6.40. The molecule has 1 aliphatic rings. The van der Waals surface area contributed by atoms with Crippen molar-refractivity contribution in [3.63, 3.8) is 0 Å². The van der Waals surface area contributed by atoms with E-state index in [9.17, 15) is 23.8 Å². The Morgan fingerprint density at radius 1 is 1.08 bits per heavy atom. The van der Waals surface area contributed by atoms with E-state index in [-0.39, 0.29) is 36.9 Å². The number of imidazole rings is 1. The fourth-order valence-corrected chi connectivity index (χ4v) is 5.04. The van der Waals surface area contributed by atoms with E-state index in [1.54, 1.807) is 55.4 Å². The van der Waals surface area contributed by atoms with E-state index in [1.165, 1.54) is 24.6 Å². The number of hydrogen-bond acceptors (Lipinski definition) is 7. The highest BCUT2D eigenvalue weighted by Crippen LogP contribution is 2.39. The van der Waals surface area contributed by atoms with Gasteiger partial charge in [-0.15, -0.1) is 0 Å². The van der Waals surface area contributed by atoms with E-state index < -0.39 is 29.0 Å². The Hall–Kier alpha value is -2.76. The second-order valence-electron chi connectivity index (χ2n) is 12.0. The van der Waals surface area contributed by atoms with Gasteiger partial charge in [-0.3, -0.25) is 9.13 Å². The molecule has 1 fully saturated rings. The Labute approximate surface area is 231 Å². The standard InChI is InChI=1S/C27H37ClF2N6O3/c1-16-13-34(14-17(2)27(16,29)30)23-31-12-19(28)22(33-23)32-18-7-8-20-21(11-18)35(10-9-25(3,4)38)24(37)36(20)15-26(5,6)39/h7-8,11-12,16-17,38-39H,9-10,13-15H2,1-6H3,(H,31,32,33)/t16-,17+. The molecule has 1 aliphatic heterocycles. The Morgan fingerprint density at radius 3 is 2.31 bits per heavy atom. The van der Waals surface area contributed by atoms with Gasteiger partial charge in [0.2, 0.25) is 5.95 Å². The van der Waals surface area contributed by atoms with E-state index in [4.69, 9.17) is 11.6 Å². The lowest BCUT2D eigenvalue weighted by Crippen LogP contribution is -2.52. The number of halogens is 3. The maximum absolute atomic E-state index is 14.4. The number of anilines is 3. The average molecular weight is 567 g/mol. The average Bonchev–Trinajstić information content (AvgIpc) is 3.06. The third kappa shape index (κ3) is 6.36. The quantitative estimate of drug-likeness (QED) is 0.364. The van der Waals surface area contributed by atoms with Crippen LogP contribution < -0.4 is 15.9 Å². The molecule has 1 aromatic carbocycles. The van der Waals surface area contributed by atoms with Crippen molar-refractivity contribution in [3.05, 3.63) is 39.9 Å². The van der Waals surface area contributed by atoms with Gasteiger partial charge in [0.05, 0.1) is 35.0 Å². The van der Waals surface area contributed by atoms with Crippen LogP contribution in [-0.2, 0) is 13.1 Å². The summed E-state index contributed by atoms with van der Waals surface area (Å²) in [5, 5.41) is 24.1. The van der Waals surface area contributed by atoms with Crippen molar-refractivity contribution in [1.29, 1.82) is 0 Å². The van der Waals surface area contributed by atoms with Gasteiger partial charge in [0, 0.05) is 37.2 Å². The molecule has 9 nitrogen and oxygen atoms in total. The Bertz CT molecular complexity index is 1400. The summed E-state index contributed by atoms with van der Waals surface area (Å²) in [5.41, 5.74) is -0.536. The molecule has 3 aromatic rings. The fourth-order valence-electron chi connectivity index (χ4n) is 4.90. The molecule has 3 heterocycles. The van der Waals surface area contributed by atoms with E-state index >= 15 is 0 Å². The summed E-state index contributed by atoms with van der Waals surface area (Å²) in [5.74, 6) is -3.86. The maximum atomic E-state index is 14.4. The zero-order valence-corrected chi connectivity index (χ0v) is 23.9. The van der Waals surface area contributed by atoms with Crippen molar-refractivity contribution in [1.82, 2.24) is 19.1 Å². The van der Waals surface area contributed by atoms with Crippen LogP contribution in [0.15, 0.2) is 29.2 Å².